The highest BCUT2D eigenvalue weighted by molar-refractivity contribution is 5.81. The van der Waals surface area contributed by atoms with Crippen molar-refractivity contribution in [2.75, 3.05) is 13.2 Å². The summed E-state index contributed by atoms with van der Waals surface area (Å²) in [7, 11) is 0. The van der Waals surface area contributed by atoms with Gasteiger partial charge in [-0.05, 0) is 6.42 Å². The third-order valence-corrected chi connectivity index (χ3v) is 3.57. The lowest BCUT2D eigenvalue weighted by Gasteiger charge is -2.27. The van der Waals surface area contributed by atoms with E-state index in [1.54, 1.807) is 6.92 Å². The fourth-order valence-corrected chi connectivity index (χ4v) is 1.80. The van der Waals surface area contributed by atoms with Crippen LogP contribution in [0.2, 0.25) is 0 Å². The quantitative estimate of drug-likeness (QED) is 0.169. The first-order valence-electron chi connectivity index (χ1n) is 7.41. The smallest absolute Gasteiger partial charge is 0.251 e. The summed E-state index contributed by atoms with van der Waals surface area (Å²) >= 11 is 0. The lowest BCUT2D eigenvalue weighted by Crippen LogP contribution is -2.54. The van der Waals surface area contributed by atoms with Crippen LogP contribution >= 0.6 is 0 Å². The molecule has 0 radical (unpaired) electrons. The second kappa shape index (κ2) is 10.9. The van der Waals surface area contributed by atoms with Gasteiger partial charge in [-0.1, -0.05) is 6.92 Å². The SMILES string of the molecule is CC[C@H](O)[C@@H](O)[C@H](O)[C@H](O)CNC(=O)[C@H](O)[C@@H](O)[C@H](O)[C@H](O)CO. The fourth-order valence-electron chi connectivity index (χ4n) is 1.80. The van der Waals surface area contributed by atoms with Gasteiger partial charge in [0.25, 0.3) is 5.91 Å². The van der Waals surface area contributed by atoms with Crippen LogP contribution in [0.3, 0.4) is 0 Å². The van der Waals surface area contributed by atoms with Crippen molar-refractivity contribution < 1.29 is 50.8 Å². The molecule has 1 amide bonds. The molecule has 0 aromatic rings. The van der Waals surface area contributed by atoms with Gasteiger partial charge in [0.1, 0.15) is 30.5 Å². The van der Waals surface area contributed by atoms with Crippen LogP contribution in [0.15, 0.2) is 0 Å². The fraction of sp³-hybridized carbons (Fsp3) is 0.923. The number of nitrogens with one attached hydrogen (secondary N) is 1. The van der Waals surface area contributed by atoms with Gasteiger partial charge in [0.2, 0.25) is 0 Å². The van der Waals surface area contributed by atoms with E-state index in [1.807, 2.05) is 5.32 Å². The van der Waals surface area contributed by atoms with Crippen molar-refractivity contribution in [3.8, 4) is 0 Å². The van der Waals surface area contributed by atoms with Crippen molar-refractivity contribution in [3.05, 3.63) is 0 Å². The first kappa shape index (κ1) is 23.1. The molecule has 0 bridgehead atoms. The van der Waals surface area contributed by atoms with Crippen molar-refractivity contribution in [1.29, 1.82) is 0 Å². The zero-order valence-corrected chi connectivity index (χ0v) is 13.2. The van der Waals surface area contributed by atoms with Crippen LogP contribution in [-0.2, 0) is 4.79 Å². The van der Waals surface area contributed by atoms with Crippen LogP contribution < -0.4 is 5.32 Å². The molecule has 0 unspecified atom stereocenters. The minimum Gasteiger partial charge on any atom is -0.394 e. The molecule has 0 aliphatic rings. The van der Waals surface area contributed by atoms with Crippen LogP contribution in [0.5, 0.6) is 0 Å². The minimum absolute atomic E-state index is 0.118. The monoisotopic (exact) mass is 357 g/mol. The van der Waals surface area contributed by atoms with Gasteiger partial charge in [-0.25, -0.2) is 0 Å². The summed E-state index contributed by atoms with van der Waals surface area (Å²) in [4.78, 5) is 11.6. The number of aliphatic hydroxyl groups excluding tert-OH is 9. The highest BCUT2D eigenvalue weighted by atomic mass is 16.4. The number of rotatable bonds is 11. The normalized spacial score (nSPS) is 21.9. The second-order valence-corrected chi connectivity index (χ2v) is 5.45. The Balaban J connectivity index is 4.51. The maximum Gasteiger partial charge on any atom is 0.251 e. The largest absolute Gasteiger partial charge is 0.394 e. The van der Waals surface area contributed by atoms with E-state index in [2.05, 4.69) is 0 Å². The Morgan fingerprint density at radius 3 is 1.71 bits per heavy atom. The Morgan fingerprint density at radius 2 is 1.25 bits per heavy atom. The van der Waals surface area contributed by atoms with Gasteiger partial charge in [0.15, 0.2) is 6.10 Å². The summed E-state index contributed by atoms with van der Waals surface area (Å²) in [6, 6.07) is 0. The molecule has 144 valence electrons. The maximum absolute atomic E-state index is 11.6. The Kier molecular flexibility index (Phi) is 10.5. The van der Waals surface area contributed by atoms with Crippen molar-refractivity contribution in [2.45, 2.75) is 62.2 Å². The Labute approximate surface area is 138 Å². The van der Waals surface area contributed by atoms with Crippen molar-refractivity contribution in [1.82, 2.24) is 5.32 Å². The molecule has 0 heterocycles. The zero-order chi connectivity index (χ0) is 19.0. The molecule has 0 aromatic heterocycles. The van der Waals surface area contributed by atoms with Crippen LogP contribution in [0.25, 0.3) is 0 Å². The van der Waals surface area contributed by atoms with E-state index in [9.17, 15) is 40.5 Å². The number of amides is 1. The van der Waals surface area contributed by atoms with Gasteiger partial charge in [0, 0.05) is 6.54 Å². The number of aliphatic hydroxyl groups is 9. The molecule has 0 rings (SSSR count). The van der Waals surface area contributed by atoms with Gasteiger partial charge in [-0.3, -0.25) is 4.79 Å². The first-order chi connectivity index (χ1) is 11.1. The van der Waals surface area contributed by atoms with Crippen molar-refractivity contribution >= 4 is 5.91 Å². The molecule has 0 saturated carbocycles. The molecule has 8 atom stereocenters. The lowest BCUT2D eigenvalue weighted by atomic mass is 10.0. The van der Waals surface area contributed by atoms with E-state index in [-0.39, 0.29) is 6.42 Å². The van der Waals surface area contributed by atoms with E-state index in [1.165, 1.54) is 0 Å². The van der Waals surface area contributed by atoms with E-state index < -0.39 is 67.9 Å². The molecule has 0 aliphatic heterocycles. The van der Waals surface area contributed by atoms with Gasteiger partial charge in [-0.2, -0.15) is 0 Å². The molecule has 0 saturated heterocycles. The van der Waals surface area contributed by atoms with Gasteiger partial charge in [-0.15, -0.1) is 0 Å². The minimum atomic E-state index is -2.18. The molecular weight excluding hydrogens is 330 g/mol. The summed E-state index contributed by atoms with van der Waals surface area (Å²) in [5, 5.41) is 86.3. The standard InChI is InChI=1S/C13H27NO10/c1-2-5(16)8(19)9(20)6(17)3-14-13(24)12(23)11(22)10(21)7(18)4-15/h5-12,15-23H,2-4H2,1H3,(H,14,24)/t5-,6+,7+,8+,9+,10+,11-,12+/m0/s1. The zero-order valence-electron chi connectivity index (χ0n) is 13.2. The lowest BCUT2D eigenvalue weighted by molar-refractivity contribution is -0.150. The molecule has 24 heavy (non-hydrogen) atoms. The van der Waals surface area contributed by atoms with Crippen LogP contribution in [0.1, 0.15) is 13.3 Å². The third-order valence-electron chi connectivity index (χ3n) is 3.57. The van der Waals surface area contributed by atoms with Gasteiger partial charge in [0.05, 0.1) is 18.8 Å². The van der Waals surface area contributed by atoms with Crippen molar-refractivity contribution in [2.24, 2.45) is 0 Å². The average molecular weight is 357 g/mol. The molecule has 10 N–H and O–H groups in total. The molecule has 0 aromatic carbocycles. The number of hydrogen-bond acceptors (Lipinski definition) is 10. The average Bonchev–Trinajstić information content (AvgIpc) is 2.60. The highest BCUT2D eigenvalue weighted by Crippen LogP contribution is 2.08. The Hall–Kier alpha value is -0.890. The van der Waals surface area contributed by atoms with E-state index in [0.717, 1.165) is 0 Å². The van der Waals surface area contributed by atoms with E-state index in [4.69, 9.17) is 10.2 Å². The third kappa shape index (κ3) is 6.55. The Morgan fingerprint density at radius 1 is 0.792 bits per heavy atom. The molecular formula is C13H27NO10. The first-order valence-corrected chi connectivity index (χ1v) is 7.41. The molecule has 0 spiro atoms. The topological polar surface area (TPSA) is 211 Å². The summed E-state index contributed by atoms with van der Waals surface area (Å²) in [6.07, 6.45) is -14.3. The van der Waals surface area contributed by atoms with Gasteiger partial charge >= 0.3 is 0 Å². The van der Waals surface area contributed by atoms with Crippen LogP contribution in [-0.4, -0.2) is 114 Å². The molecule has 0 fully saturated rings. The molecule has 11 nitrogen and oxygen atoms in total. The summed E-state index contributed by atoms with van der Waals surface area (Å²) in [6.45, 7) is 0.00363. The highest BCUT2D eigenvalue weighted by Gasteiger charge is 2.35. The van der Waals surface area contributed by atoms with Crippen LogP contribution in [0, 0.1) is 0 Å². The van der Waals surface area contributed by atoms with E-state index in [0.29, 0.717) is 0 Å². The van der Waals surface area contributed by atoms with Gasteiger partial charge < -0.3 is 51.3 Å². The summed E-state index contributed by atoms with van der Waals surface area (Å²) < 4.78 is 0. The molecule has 0 aliphatic carbocycles. The number of hydrogen-bond donors (Lipinski definition) is 10. The maximum atomic E-state index is 11.6. The summed E-state index contributed by atoms with van der Waals surface area (Å²) in [5.41, 5.74) is 0. The number of carbonyl (C=O) groups excluding carboxylic acids is 1. The predicted octanol–water partition coefficient (Wildman–Crippen LogP) is -5.61. The number of carbonyl (C=O) groups is 1. The predicted molar refractivity (Wildman–Crippen MR) is 78.4 cm³/mol. The molecule has 11 heteroatoms. The summed E-state index contributed by atoms with van der Waals surface area (Å²) in [5.74, 6) is -1.23. The second-order valence-electron chi connectivity index (χ2n) is 5.45. The van der Waals surface area contributed by atoms with Crippen LogP contribution in [0.4, 0.5) is 0 Å². The van der Waals surface area contributed by atoms with Crippen molar-refractivity contribution in [3.63, 3.8) is 0 Å². The Bertz CT molecular complexity index is 371. The van der Waals surface area contributed by atoms with E-state index >= 15 is 0 Å².